The number of likely N-dealkylation sites (tertiary alicyclic amines) is 1. The van der Waals surface area contributed by atoms with E-state index in [4.69, 9.17) is 0 Å². The number of hydrogen-bond acceptors (Lipinski definition) is 0. The van der Waals surface area contributed by atoms with Crippen molar-refractivity contribution in [1.29, 1.82) is 0 Å². The van der Waals surface area contributed by atoms with E-state index in [1.54, 1.807) is 0 Å². The number of alkyl halides is 5. The molecule has 0 atom stereocenters. The van der Waals surface area contributed by atoms with Crippen LogP contribution in [0.25, 0.3) is 0 Å². The molecule has 0 unspecified atom stereocenters. The summed E-state index contributed by atoms with van der Waals surface area (Å²) >= 11 is 0. The van der Waals surface area contributed by atoms with Crippen LogP contribution >= 0.6 is 0 Å². The predicted octanol–water partition coefficient (Wildman–Crippen LogP) is 6.94. The fourth-order valence-electron chi connectivity index (χ4n) is 3.14. The molecule has 0 radical (unpaired) electrons. The summed E-state index contributed by atoms with van der Waals surface area (Å²) in [6.45, 7) is -0.595. The highest BCUT2D eigenvalue weighted by Crippen LogP contribution is 2.44. The molecule has 1 aliphatic rings. The molecule has 0 aromatic heterocycles. The molecule has 0 aromatic rings. The van der Waals surface area contributed by atoms with Gasteiger partial charge < -0.3 is 17.4 Å². The lowest BCUT2D eigenvalue weighted by Gasteiger charge is -2.29. The van der Waals surface area contributed by atoms with Gasteiger partial charge in [0, 0.05) is 12.8 Å². The van der Waals surface area contributed by atoms with Gasteiger partial charge in [0.05, 0.1) is 26.7 Å². The lowest BCUT2D eigenvalue weighted by molar-refractivity contribution is -0.897. The zero-order valence-electron chi connectivity index (χ0n) is 16.2. The molecule has 0 N–H and O–H groups in total. The molecule has 0 aliphatic carbocycles. The summed E-state index contributed by atoms with van der Waals surface area (Å²) in [6.07, 6.45) is 8.01. The van der Waals surface area contributed by atoms with Crippen molar-refractivity contribution in [1.82, 2.24) is 0 Å². The summed E-state index contributed by atoms with van der Waals surface area (Å²) in [4.78, 5) is 0. The fraction of sp³-hybridized carbons (Fsp3) is 1.00. The first kappa shape index (κ1) is 26.5. The van der Waals surface area contributed by atoms with Crippen LogP contribution in [0.2, 0.25) is 0 Å². The van der Waals surface area contributed by atoms with Crippen LogP contribution in [-0.4, -0.2) is 50.1 Å². The Morgan fingerprint density at radius 2 is 1.15 bits per heavy atom. The number of quaternary nitrogens is 1. The first-order valence-corrected chi connectivity index (χ1v) is 9.74. The minimum atomic E-state index is -7.21. The van der Waals surface area contributed by atoms with E-state index in [-0.39, 0.29) is 0 Å². The van der Waals surface area contributed by atoms with Gasteiger partial charge in [0.15, 0.2) is 0 Å². The monoisotopic (exact) mass is 413 g/mol. The molecule has 0 bridgehead atoms. The maximum atomic E-state index is 11.2. The lowest BCUT2D eigenvalue weighted by atomic mass is 9.80. The van der Waals surface area contributed by atoms with Crippen molar-refractivity contribution in [2.45, 2.75) is 83.1 Å². The molecule has 0 amide bonds. The second-order valence-corrected chi connectivity index (χ2v) is 7.67. The van der Waals surface area contributed by atoms with Gasteiger partial charge in [0.2, 0.25) is 0 Å². The van der Waals surface area contributed by atoms with Gasteiger partial charge in [-0.2, -0.15) is 13.2 Å². The third-order valence-corrected chi connectivity index (χ3v) is 4.99. The quantitative estimate of drug-likeness (QED) is 0.158. The van der Waals surface area contributed by atoms with E-state index in [1.807, 2.05) is 0 Å². The summed E-state index contributed by atoms with van der Waals surface area (Å²) in [5.74, 6) is -6.56. The van der Waals surface area contributed by atoms with Gasteiger partial charge in [-0.05, 0) is 12.8 Å². The molecule has 1 heterocycles. The van der Waals surface area contributed by atoms with Crippen molar-refractivity contribution in [3.63, 3.8) is 0 Å². The summed E-state index contributed by atoms with van der Waals surface area (Å²) in [5.41, 5.74) is 0. The van der Waals surface area contributed by atoms with Gasteiger partial charge in [0.1, 0.15) is 0 Å². The molecule has 0 aromatic carbocycles. The first-order chi connectivity index (χ1) is 12.3. The molecule has 1 rings (SSSR count). The highest BCUT2D eigenvalue weighted by molar-refractivity contribution is 6.61. The molecule has 164 valence electrons. The van der Waals surface area contributed by atoms with Gasteiger partial charge in [-0.3, -0.25) is 0 Å². The molecular formula is C17H32BF8N. The number of hydrogen-bond donors (Lipinski definition) is 0. The predicted molar refractivity (Wildman–Crippen MR) is 92.7 cm³/mol. The first-order valence-electron chi connectivity index (χ1n) is 9.74. The second kappa shape index (κ2) is 11.5. The average molecular weight is 413 g/mol. The molecule has 0 spiro atoms. The zero-order chi connectivity index (χ0) is 21.2. The van der Waals surface area contributed by atoms with E-state index in [0.29, 0.717) is 0 Å². The van der Waals surface area contributed by atoms with Gasteiger partial charge in [0.25, 0.3) is 0 Å². The SMILES string of the molecule is CCCCCCCCCC[N+]1(C)CCCC1.F[B-](F)(F)C(F)(F)C(F)(F)F. The molecular weight excluding hydrogens is 381 g/mol. The molecule has 27 heavy (non-hydrogen) atoms. The van der Waals surface area contributed by atoms with Crippen molar-refractivity contribution < 1.29 is 39.4 Å². The van der Waals surface area contributed by atoms with Crippen LogP contribution in [0.5, 0.6) is 0 Å². The zero-order valence-corrected chi connectivity index (χ0v) is 16.2. The highest BCUT2D eigenvalue weighted by atomic mass is 19.4. The Labute approximate surface area is 157 Å². The topological polar surface area (TPSA) is 0 Å². The lowest BCUT2D eigenvalue weighted by Crippen LogP contribution is -2.53. The van der Waals surface area contributed by atoms with Crippen molar-refractivity contribution in [3.8, 4) is 0 Å². The van der Waals surface area contributed by atoms with Crippen molar-refractivity contribution in [2.75, 3.05) is 26.7 Å². The third kappa shape index (κ3) is 9.99. The van der Waals surface area contributed by atoms with Crippen LogP contribution in [0.15, 0.2) is 0 Å². The molecule has 1 aliphatic heterocycles. The molecule has 1 nitrogen and oxygen atoms in total. The Morgan fingerprint density at radius 1 is 0.741 bits per heavy atom. The van der Waals surface area contributed by atoms with E-state index >= 15 is 0 Å². The third-order valence-electron chi connectivity index (χ3n) is 4.99. The highest BCUT2D eigenvalue weighted by Gasteiger charge is 2.69. The maximum Gasteiger partial charge on any atom is 0.558 e. The van der Waals surface area contributed by atoms with Crippen LogP contribution in [-0.2, 0) is 0 Å². The Kier molecular flexibility index (Phi) is 11.2. The van der Waals surface area contributed by atoms with Crippen LogP contribution < -0.4 is 0 Å². The maximum absolute atomic E-state index is 11.2. The van der Waals surface area contributed by atoms with Crippen molar-refractivity contribution in [2.24, 2.45) is 0 Å². The number of halogens is 8. The largest absolute Gasteiger partial charge is 0.558 e. The summed E-state index contributed by atoms with van der Waals surface area (Å²) in [6, 6.07) is 0. The van der Waals surface area contributed by atoms with Crippen LogP contribution in [0.1, 0.15) is 71.1 Å². The van der Waals surface area contributed by atoms with Crippen molar-refractivity contribution in [3.05, 3.63) is 0 Å². The molecule has 1 fully saturated rings. The van der Waals surface area contributed by atoms with Gasteiger partial charge in [-0.1, -0.05) is 45.4 Å². The summed E-state index contributed by atoms with van der Waals surface area (Å²) in [7, 11) is 2.45. The van der Waals surface area contributed by atoms with Crippen LogP contribution in [0, 0.1) is 0 Å². The van der Waals surface area contributed by atoms with E-state index < -0.39 is 19.0 Å². The Hall–Kier alpha value is -0.535. The Morgan fingerprint density at radius 3 is 1.48 bits per heavy atom. The molecule has 0 saturated carbocycles. The van der Waals surface area contributed by atoms with E-state index in [0.717, 1.165) is 0 Å². The standard InChI is InChI=1S/C15H32N.C2BF8/c1-3-4-5-6-7-8-9-10-13-16(2)14-11-12-15-16;4-1(5,2(6,7)8)3(9,10)11/h3-15H2,1-2H3;/q+1;-1. The van der Waals surface area contributed by atoms with Gasteiger partial charge in [-0.25, -0.2) is 8.78 Å². The smallest absolute Gasteiger partial charge is 0.445 e. The van der Waals surface area contributed by atoms with Crippen molar-refractivity contribution >= 4 is 6.98 Å². The minimum absolute atomic E-state index is 1.37. The second-order valence-electron chi connectivity index (χ2n) is 7.67. The summed E-state index contributed by atoms with van der Waals surface area (Å²) in [5, 5.41) is 0. The van der Waals surface area contributed by atoms with E-state index in [9.17, 15) is 34.9 Å². The van der Waals surface area contributed by atoms with Gasteiger partial charge >= 0.3 is 19.0 Å². The average Bonchev–Trinajstić information content (AvgIpc) is 2.95. The van der Waals surface area contributed by atoms with Crippen LogP contribution in [0.3, 0.4) is 0 Å². The Bertz CT molecular complexity index is 373. The normalized spacial score (nSPS) is 17.6. The number of rotatable bonds is 10. The fourth-order valence-corrected chi connectivity index (χ4v) is 3.14. The minimum Gasteiger partial charge on any atom is -0.445 e. The van der Waals surface area contributed by atoms with Gasteiger partial charge in [-0.15, -0.1) is 0 Å². The summed E-state index contributed by atoms with van der Waals surface area (Å²) < 4.78 is 89.2. The Balaban J connectivity index is 0.000000541. The van der Waals surface area contributed by atoms with E-state index in [2.05, 4.69) is 14.0 Å². The van der Waals surface area contributed by atoms with Crippen LogP contribution in [0.4, 0.5) is 34.9 Å². The number of nitrogens with zero attached hydrogens (tertiary/aromatic N) is 1. The number of unbranched alkanes of at least 4 members (excludes halogenated alkanes) is 7. The molecule has 10 heteroatoms. The molecule has 1 saturated heterocycles. The van der Waals surface area contributed by atoms with E-state index in [1.165, 1.54) is 88.3 Å².